The Morgan fingerprint density at radius 2 is 1.43 bits per heavy atom. The van der Waals surface area contributed by atoms with E-state index in [4.69, 9.17) is 14.6 Å². The van der Waals surface area contributed by atoms with Crippen molar-refractivity contribution >= 4 is 0 Å². The fourth-order valence-electron chi connectivity index (χ4n) is 1.08. The first-order chi connectivity index (χ1) is 6.33. The van der Waals surface area contributed by atoms with Crippen LogP contribution in [0.15, 0.2) is 0 Å². The van der Waals surface area contributed by atoms with Crippen molar-refractivity contribution < 1.29 is 14.6 Å². The van der Waals surface area contributed by atoms with Crippen molar-refractivity contribution in [3.05, 3.63) is 0 Å². The molecule has 0 aliphatic rings. The maximum absolute atomic E-state index is 9.02. The molecule has 0 amide bonds. The van der Waals surface area contributed by atoms with Crippen molar-refractivity contribution in [2.45, 2.75) is 27.7 Å². The highest BCUT2D eigenvalue weighted by Gasteiger charge is 2.21. The summed E-state index contributed by atoms with van der Waals surface area (Å²) >= 11 is 0. The Bertz CT molecular complexity index is 153. The van der Waals surface area contributed by atoms with Crippen molar-refractivity contribution in [3.63, 3.8) is 0 Å². The molecular formula is C11H24O3. The van der Waals surface area contributed by atoms with Crippen LogP contribution in [0.2, 0.25) is 0 Å². The lowest BCUT2D eigenvalue weighted by molar-refractivity contribution is -0.0275. The van der Waals surface area contributed by atoms with Gasteiger partial charge in [0.15, 0.2) is 0 Å². The van der Waals surface area contributed by atoms with Gasteiger partial charge >= 0.3 is 0 Å². The van der Waals surface area contributed by atoms with Gasteiger partial charge in [0.2, 0.25) is 0 Å². The molecule has 0 rings (SSSR count). The van der Waals surface area contributed by atoms with Crippen LogP contribution in [0.4, 0.5) is 0 Å². The first-order valence-corrected chi connectivity index (χ1v) is 5.00. The second-order valence-corrected chi connectivity index (χ2v) is 5.41. The van der Waals surface area contributed by atoms with Crippen molar-refractivity contribution in [2.75, 3.05) is 33.5 Å². The van der Waals surface area contributed by atoms with E-state index in [2.05, 4.69) is 13.8 Å². The molecule has 0 heterocycles. The third kappa shape index (κ3) is 6.35. The number of methoxy groups -OCH3 is 1. The molecule has 3 nitrogen and oxygen atoms in total. The molecule has 0 aromatic heterocycles. The van der Waals surface area contributed by atoms with E-state index in [-0.39, 0.29) is 17.4 Å². The molecule has 3 heteroatoms. The van der Waals surface area contributed by atoms with E-state index >= 15 is 0 Å². The van der Waals surface area contributed by atoms with Gasteiger partial charge in [-0.05, 0) is 0 Å². The van der Waals surface area contributed by atoms with Gasteiger partial charge in [0, 0.05) is 17.9 Å². The molecule has 0 radical (unpaired) electrons. The maximum atomic E-state index is 9.02. The van der Waals surface area contributed by atoms with Crippen LogP contribution in [0.1, 0.15) is 27.7 Å². The summed E-state index contributed by atoms with van der Waals surface area (Å²) in [7, 11) is 1.69. The van der Waals surface area contributed by atoms with Gasteiger partial charge in [-0.3, -0.25) is 0 Å². The quantitative estimate of drug-likeness (QED) is 0.686. The van der Waals surface area contributed by atoms with E-state index in [1.165, 1.54) is 0 Å². The normalized spacial score (nSPS) is 13.3. The summed E-state index contributed by atoms with van der Waals surface area (Å²) in [6.45, 7) is 10.2. The lowest BCUT2D eigenvalue weighted by atomic mass is 9.94. The van der Waals surface area contributed by atoms with Crippen LogP contribution in [0.25, 0.3) is 0 Å². The molecule has 0 spiro atoms. The predicted octanol–water partition coefficient (Wildman–Crippen LogP) is 1.69. The lowest BCUT2D eigenvalue weighted by Gasteiger charge is -2.27. The molecular weight excluding hydrogens is 180 g/mol. The fraction of sp³-hybridized carbons (Fsp3) is 1.00. The molecule has 14 heavy (non-hydrogen) atoms. The summed E-state index contributed by atoms with van der Waals surface area (Å²) in [4.78, 5) is 0. The Labute approximate surface area is 87.4 Å². The summed E-state index contributed by atoms with van der Waals surface area (Å²) in [6, 6.07) is 0. The Morgan fingerprint density at radius 1 is 0.929 bits per heavy atom. The highest BCUT2D eigenvalue weighted by molar-refractivity contribution is 4.69. The molecule has 0 aliphatic heterocycles. The highest BCUT2D eigenvalue weighted by Crippen LogP contribution is 2.19. The van der Waals surface area contributed by atoms with Crippen molar-refractivity contribution in [1.29, 1.82) is 0 Å². The number of rotatable bonds is 7. The lowest BCUT2D eigenvalue weighted by Crippen LogP contribution is -2.30. The minimum Gasteiger partial charge on any atom is -0.396 e. The van der Waals surface area contributed by atoms with Gasteiger partial charge in [-0.2, -0.15) is 0 Å². The zero-order valence-electron chi connectivity index (χ0n) is 10.1. The molecule has 0 aliphatic carbocycles. The van der Waals surface area contributed by atoms with Gasteiger partial charge in [0.1, 0.15) is 0 Å². The Kier molecular flexibility index (Phi) is 5.64. The van der Waals surface area contributed by atoms with Crippen molar-refractivity contribution in [2.24, 2.45) is 10.8 Å². The molecule has 0 aromatic rings. The summed E-state index contributed by atoms with van der Waals surface area (Å²) in [5.41, 5.74) is -0.108. The Balaban J connectivity index is 3.73. The summed E-state index contributed by atoms with van der Waals surface area (Å²) in [5, 5.41) is 9.02. The van der Waals surface area contributed by atoms with Gasteiger partial charge < -0.3 is 14.6 Å². The SMILES string of the molecule is COCC(C)(C)COCC(C)(C)CO. The topological polar surface area (TPSA) is 38.7 Å². The summed E-state index contributed by atoms with van der Waals surface area (Å²) in [6.07, 6.45) is 0. The molecule has 0 unspecified atom stereocenters. The average Bonchev–Trinajstić information content (AvgIpc) is 2.03. The van der Waals surface area contributed by atoms with E-state index in [0.717, 1.165) is 0 Å². The van der Waals surface area contributed by atoms with Crippen LogP contribution in [0.3, 0.4) is 0 Å². The van der Waals surface area contributed by atoms with Crippen molar-refractivity contribution in [1.82, 2.24) is 0 Å². The third-order valence-electron chi connectivity index (χ3n) is 1.95. The fourth-order valence-corrected chi connectivity index (χ4v) is 1.08. The van der Waals surface area contributed by atoms with Crippen LogP contribution in [0, 0.1) is 10.8 Å². The van der Waals surface area contributed by atoms with E-state index in [1.807, 2.05) is 13.8 Å². The standard InChI is InChI=1S/C11H24O3/c1-10(2,6-12)8-14-9-11(3,4)7-13-5/h12H,6-9H2,1-5H3. The number of ether oxygens (including phenoxy) is 2. The summed E-state index contributed by atoms with van der Waals surface area (Å²) in [5.74, 6) is 0. The largest absolute Gasteiger partial charge is 0.396 e. The van der Waals surface area contributed by atoms with Gasteiger partial charge in [0.05, 0.1) is 26.4 Å². The molecule has 0 bridgehead atoms. The average molecular weight is 204 g/mol. The number of hydrogen-bond acceptors (Lipinski definition) is 3. The molecule has 0 saturated carbocycles. The molecule has 0 saturated heterocycles. The third-order valence-corrected chi connectivity index (χ3v) is 1.95. The highest BCUT2D eigenvalue weighted by atomic mass is 16.5. The number of hydrogen-bond donors (Lipinski definition) is 1. The van der Waals surface area contributed by atoms with Crippen LogP contribution >= 0.6 is 0 Å². The van der Waals surface area contributed by atoms with E-state index in [9.17, 15) is 0 Å². The number of aliphatic hydroxyl groups excluding tert-OH is 1. The summed E-state index contributed by atoms with van der Waals surface area (Å²) < 4.78 is 10.7. The zero-order valence-corrected chi connectivity index (χ0v) is 10.1. The Morgan fingerprint density at radius 3 is 1.86 bits per heavy atom. The maximum Gasteiger partial charge on any atom is 0.0539 e. The van der Waals surface area contributed by atoms with Gasteiger partial charge in [-0.25, -0.2) is 0 Å². The van der Waals surface area contributed by atoms with Gasteiger partial charge in [-0.15, -0.1) is 0 Å². The first-order valence-electron chi connectivity index (χ1n) is 5.00. The monoisotopic (exact) mass is 204 g/mol. The van der Waals surface area contributed by atoms with E-state index < -0.39 is 0 Å². The molecule has 0 fully saturated rings. The second kappa shape index (κ2) is 5.69. The molecule has 0 aromatic carbocycles. The molecule has 0 atom stereocenters. The zero-order chi connectivity index (χ0) is 11.2. The second-order valence-electron chi connectivity index (χ2n) is 5.41. The van der Waals surface area contributed by atoms with Crippen LogP contribution in [0.5, 0.6) is 0 Å². The van der Waals surface area contributed by atoms with Gasteiger partial charge in [0.25, 0.3) is 0 Å². The molecule has 1 N–H and O–H groups in total. The van der Waals surface area contributed by atoms with E-state index in [1.54, 1.807) is 7.11 Å². The smallest absolute Gasteiger partial charge is 0.0539 e. The predicted molar refractivity (Wildman–Crippen MR) is 57.3 cm³/mol. The minimum atomic E-state index is -0.150. The minimum absolute atomic E-state index is 0.0420. The number of aliphatic hydroxyl groups is 1. The van der Waals surface area contributed by atoms with Crippen LogP contribution in [-0.2, 0) is 9.47 Å². The van der Waals surface area contributed by atoms with E-state index in [0.29, 0.717) is 19.8 Å². The molecule has 86 valence electrons. The van der Waals surface area contributed by atoms with Gasteiger partial charge in [-0.1, -0.05) is 27.7 Å². The van der Waals surface area contributed by atoms with Crippen LogP contribution < -0.4 is 0 Å². The first kappa shape index (κ1) is 13.9. The van der Waals surface area contributed by atoms with Crippen LogP contribution in [-0.4, -0.2) is 38.6 Å². The Hall–Kier alpha value is -0.120. The van der Waals surface area contributed by atoms with Crippen molar-refractivity contribution in [3.8, 4) is 0 Å².